The van der Waals surface area contributed by atoms with Gasteiger partial charge in [-0.1, -0.05) is 43.2 Å². The average Bonchev–Trinajstić information content (AvgIpc) is 3.12. The van der Waals surface area contributed by atoms with E-state index < -0.39 is 17.3 Å². The molecule has 154 valence electrons. The highest BCUT2D eigenvalue weighted by Crippen LogP contribution is 2.48. The summed E-state index contributed by atoms with van der Waals surface area (Å²) in [6.07, 6.45) is 2.27. The SMILES string of the molecule is CN(C)c1ncc(C(F)(F)F)cc1C1=C[C@]2(CCCC[C@H]2c2ccccc2)ON1. The van der Waals surface area contributed by atoms with E-state index in [4.69, 9.17) is 4.84 Å². The number of rotatable bonds is 3. The van der Waals surface area contributed by atoms with E-state index in [1.807, 2.05) is 24.3 Å². The van der Waals surface area contributed by atoms with Crippen LogP contribution in [0.25, 0.3) is 5.70 Å². The molecule has 1 fully saturated rings. The zero-order valence-electron chi connectivity index (χ0n) is 16.5. The minimum Gasteiger partial charge on any atom is -0.362 e. The molecule has 7 heteroatoms. The van der Waals surface area contributed by atoms with Crippen LogP contribution in [0.2, 0.25) is 0 Å². The lowest BCUT2D eigenvalue weighted by Crippen LogP contribution is -2.39. The van der Waals surface area contributed by atoms with Gasteiger partial charge in [-0.05, 0) is 30.5 Å². The van der Waals surface area contributed by atoms with Crippen molar-refractivity contribution >= 4 is 11.5 Å². The Kier molecular flexibility index (Phi) is 5.02. The van der Waals surface area contributed by atoms with Crippen molar-refractivity contribution in [3.05, 3.63) is 65.4 Å². The fourth-order valence-corrected chi connectivity index (χ4v) is 4.35. The molecule has 4 rings (SSSR count). The maximum Gasteiger partial charge on any atom is 0.417 e. The summed E-state index contributed by atoms with van der Waals surface area (Å²) >= 11 is 0. The number of nitrogens with one attached hydrogen (secondary N) is 1. The second kappa shape index (κ2) is 7.37. The number of halogens is 3. The van der Waals surface area contributed by atoms with Gasteiger partial charge in [0.1, 0.15) is 11.4 Å². The van der Waals surface area contributed by atoms with Crippen molar-refractivity contribution in [3.63, 3.8) is 0 Å². The molecule has 1 aliphatic heterocycles. The number of hydrogen-bond acceptors (Lipinski definition) is 4. The summed E-state index contributed by atoms with van der Waals surface area (Å²) in [5, 5.41) is 0. The number of anilines is 1. The summed E-state index contributed by atoms with van der Waals surface area (Å²) in [7, 11) is 3.53. The lowest BCUT2D eigenvalue weighted by molar-refractivity contribution is -0.137. The number of pyridine rings is 1. The van der Waals surface area contributed by atoms with Gasteiger partial charge in [0.2, 0.25) is 0 Å². The second-order valence-electron chi connectivity index (χ2n) is 7.91. The van der Waals surface area contributed by atoms with E-state index in [0.717, 1.165) is 37.9 Å². The van der Waals surface area contributed by atoms with Gasteiger partial charge in [-0.3, -0.25) is 10.3 Å². The first-order valence-corrected chi connectivity index (χ1v) is 9.77. The molecule has 1 aromatic heterocycles. The maximum absolute atomic E-state index is 13.3. The molecule has 0 amide bonds. The van der Waals surface area contributed by atoms with E-state index in [2.05, 4.69) is 22.6 Å². The number of alkyl halides is 3. The molecule has 1 N–H and O–H groups in total. The van der Waals surface area contributed by atoms with Crippen LogP contribution in [0, 0.1) is 0 Å². The summed E-state index contributed by atoms with van der Waals surface area (Å²) in [4.78, 5) is 11.9. The molecule has 29 heavy (non-hydrogen) atoms. The normalized spacial score (nSPS) is 24.3. The third-order valence-corrected chi connectivity index (χ3v) is 5.75. The summed E-state index contributed by atoms with van der Waals surface area (Å²) in [6, 6.07) is 11.3. The average molecular weight is 403 g/mol. The minimum absolute atomic E-state index is 0.143. The van der Waals surface area contributed by atoms with Crippen LogP contribution < -0.4 is 10.4 Å². The first-order chi connectivity index (χ1) is 13.8. The van der Waals surface area contributed by atoms with Gasteiger partial charge in [0.25, 0.3) is 0 Å². The Hall–Kier alpha value is -2.54. The van der Waals surface area contributed by atoms with E-state index in [-0.39, 0.29) is 5.92 Å². The van der Waals surface area contributed by atoms with Crippen LogP contribution in [-0.2, 0) is 11.0 Å². The molecule has 2 heterocycles. The van der Waals surface area contributed by atoms with Gasteiger partial charge in [-0.15, -0.1) is 0 Å². The molecule has 0 unspecified atom stereocenters. The van der Waals surface area contributed by atoms with Crippen LogP contribution in [-0.4, -0.2) is 24.7 Å². The van der Waals surface area contributed by atoms with Gasteiger partial charge in [-0.25, -0.2) is 4.98 Å². The van der Waals surface area contributed by atoms with Crippen molar-refractivity contribution < 1.29 is 18.0 Å². The quantitative estimate of drug-likeness (QED) is 0.770. The summed E-state index contributed by atoms with van der Waals surface area (Å²) in [5.74, 6) is 0.605. The predicted molar refractivity (Wildman–Crippen MR) is 106 cm³/mol. The van der Waals surface area contributed by atoms with Crippen molar-refractivity contribution in [2.45, 2.75) is 43.4 Å². The van der Waals surface area contributed by atoms with Crippen LogP contribution in [0.1, 0.15) is 48.3 Å². The molecule has 2 aliphatic rings. The van der Waals surface area contributed by atoms with Crippen molar-refractivity contribution in [1.29, 1.82) is 0 Å². The minimum atomic E-state index is -4.46. The van der Waals surface area contributed by atoms with Gasteiger partial charge in [0, 0.05) is 31.8 Å². The molecular weight excluding hydrogens is 379 g/mol. The molecule has 1 spiro atoms. The Morgan fingerprint density at radius 2 is 1.93 bits per heavy atom. The largest absolute Gasteiger partial charge is 0.417 e. The van der Waals surface area contributed by atoms with Crippen molar-refractivity contribution in [1.82, 2.24) is 10.5 Å². The maximum atomic E-state index is 13.3. The van der Waals surface area contributed by atoms with Crippen molar-refractivity contribution in [2.75, 3.05) is 19.0 Å². The lowest BCUT2D eigenvalue weighted by atomic mass is 9.71. The predicted octanol–water partition coefficient (Wildman–Crippen LogP) is 5.14. The molecule has 1 saturated carbocycles. The highest BCUT2D eigenvalue weighted by Gasteiger charge is 2.45. The van der Waals surface area contributed by atoms with Gasteiger partial charge in [0.05, 0.1) is 11.3 Å². The second-order valence-corrected chi connectivity index (χ2v) is 7.91. The first-order valence-electron chi connectivity index (χ1n) is 9.77. The first kappa shape index (κ1) is 19.8. The number of nitrogens with zero attached hydrogens (tertiary/aromatic N) is 2. The number of hydrogen-bond donors (Lipinski definition) is 1. The Balaban J connectivity index is 1.78. The van der Waals surface area contributed by atoms with E-state index in [1.165, 1.54) is 5.56 Å². The fourth-order valence-electron chi connectivity index (χ4n) is 4.35. The van der Waals surface area contributed by atoms with Crippen LogP contribution in [0.5, 0.6) is 0 Å². The monoisotopic (exact) mass is 403 g/mol. The standard InChI is InChI=1S/C22H24F3N3O/c1-28(2)20-17(12-16(14-26-20)22(23,24)25)19-13-21(29-27-19)11-7-6-10-18(21)15-8-4-3-5-9-15/h3-5,8-9,12-14,18,27H,6-7,10-11H2,1-2H3/t18-,21-/m0/s1. The number of benzene rings is 1. The lowest BCUT2D eigenvalue weighted by Gasteiger charge is -2.38. The van der Waals surface area contributed by atoms with Crippen molar-refractivity contribution in [2.24, 2.45) is 0 Å². The molecule has 4 nitrogen and oxygen atoms in total. The third-order valence-electron chi connectivity index (χ3n) is 5.75. The smallest absolute Gasteiger partial charge is 0.362 e. The molecule has 2 aromatic rings. The van der Waals surface area contributed by atoms with E-state index >= 15 is 0 Å². The van der Waals surface area contributed by atoms with Crippen molar-refractivity contribution in [3.8, 4) is 0 Å². The molecule has 0 saturated heterocycles. The molecule has 0 bridgehead atoms. The molecular formula is C22H24F3N3O. The van der Waals surface area contributed by atoms with Crippen LogP contribution in [0.4, 0.5) is 19.0 Å². The molecule has 0 radical (unpaired) electrons. The van der Waals surface area contributed by atoms with Gasteiger partial charge < -0.3 is 4.90 Å². The van der Waals surface area contributed by atoms with Crippen LogP contribution in [0.15, 0.2) is 48.7 Å². The molecule has 1 aliphatic carbocycles. The van der Waals surface area contributed by atoms with E-state index in [0.29, 0.717) is 17.1 Å². The summed E-state index contributed by atoms with van der Waals surface area (Å²) < 4.78 is 39.9. The van der Waals surface area contributed by atoms with Gasteiger partial charge in [-0.2, -0.15) is 13.2 Å². The van der Waals surface area contributed by atoms with Gasteiger partial charge in [0.15, 0.2) is 0 Å². The third kappa shape index (κ3) is 3.71. The number of hydroxylamine groups is 1. The highest BCUT2D eigenvalue weighted by atomic mass is 19.4. The topological polar surface area (TPSA) is 37.4 Å². The Morgan fingerprint density at radius 3 is 2.62 bits per heavy atom. The van der Waals surface area contributed by atoms with Gasteiger partial charge >= 0.3 is 6.18 Å². The fraction of sp³-hybridized carbons (Fsp3) is 0.409. The summed E-state index contributed by atoms with van der Waals surface area (Å²) in [6.45, 7) is 0. The molecule has 2 atom stereocenters. The summed E-state index contributed by atoms with van der Waals surface area (Å²) in [5.41, 5.74) is 3.69. The van der Waals surface area contributed by atoms with E-state index in [9.17, 15) is 13.2 Å². The Morgan fingerprint density at radius 1 is 1.17 bits per heavy atom. The Bertz CT molecular complexity index is 911. The molecule has 1 aromatic carbocycles. The number of aromatic nitrogens is 1. The van der Waals surface area contributed by atoms with Crippen LogP contribution in [0.3, 0.4) is 0 Å². The zero-order chi connectivity index (χ0) is 20.6. The zero-order valence-corrected chi connectivity index (χ0v) is 16.5. The highest BCUT2D eigenvalue weighted by molar-refractivity contribution is 5.75. The van der Waals surface area contributed by atoms with E-state index in [1.54, 1.807) is 19.0 Å². The Labute approximate surface area is 168 Å². The van der Waals surface area contributed by atoms with Crippen LogP contribution >= 0.6 is 0 Å².